The van der Waals surface area contributed by atoms with Gasteiger partial charge in [-0.15, -0.1) is 11.3 Å². The van der Waals surface area contributed by atoms with Crippen molar-refractivity contribution in [2.75, 3.05) is 6.61 Å². The average molecular weight is 279 g/mol. The van der Waals surface area contributed by atoms with Crippen molar-refractivity contribution in [3.63, 3.8) is 0 Å². The topological polar surface area (TPSA) is 86.5 Å². The van der Waals surface area contributed by atoms with Crippen LogP contribution >= 0.6 is 11.3 Å². The number of non-ortho nitro benzene ring substituents is 1. The average Bonchev–Trinajstić information content (AvgIpc) is 2.81. The maximum Gasteiger partial charge on any atom is 0.380 e. The molecular weight excluding hydrogens is 270 g/mol. The lowest BCUT2D eigenvalue weighted by atomic mass is 10.2. The zero-order valence-corrected chi connectivity index (χ0v) is 10.7. The van der Waals surface area contributed by atoms with Gasteiger partial charge in [0.1, 0.15) is 0 Å². The summed E-state index contributed by atoms with van der Waals surface area (Å²) in [5, 5.41) is 11.2. The highest BCUT2D eigenvalue weighted by Crippen LogP contribution is 2.32. The number of nitrogens with zero attached hydrogens (tertiary/aromatic N) is 1. The van der Waals surface area contributed by atoms with Gasteiger partial charge in [-0.1, -0.05) is 6.07 Å². The molecule has 0 saturated carbocycles. The van der Waals surface area contributed by atoms with Gasteiger partial charge in [-0.25, -0.2) is 4.79 Å². The van der Waals surface area contributed by atoms with Crippen molar-refractivity contribution < 1.29 is 19.2 Å². The van der Waals surface area contributed by atoms with Crippen LogP contribution in [0.1, 0.15) is 16.6 Å². The number of fused-ring (bicyclic) bond motifs is 1. The van der Waals surface area contributed by atoms with Crippen molar-refractivity contribution in [2.24, 2.45) is 0 Å². The quantitative estimate of drug-likeness (QED) is 0.282. The second-order valence-electron chi connectivity index (χ2n) is 3.61. The van der Waals surface area contributed by atoms with Crippen molar-refractivity contribution in [1.29, 1.82) is 0 Å². The van der Waals surface area contributed by atoms with E-state index in [1.54, 1.807) is 13.0 Å². The van der Waals surface area contributed by atoms with E-state index in [4.69, 9.17) is 0 Å². The summed E-state index contributed by atoms with van der Waals surface area (Å²) < 4.78 is 5.20. The Morgan fingerprint density at radius 1 is 1.42 bits per heavy atom. The Hall–Kier alpha value is -2.28. The van der Waals surface area contributed by atoms with Crippen LogP contribution in [-0.2, 0) is 9.53 Å². The highest BCUT2D eigenvalue weighted by Gasteiger charge is 2.22. The summed E-state index contributed by atoms with van der Waals surface area (Å²) in [5.41, 5.74) is -0.0864. The SMILES string of the molecule is CCOC(=O)C(=O)c1cc2c([N+](=O)[O-])cccc2s1. The Morgan fingerprint density at radius 3 is 2.79 bits per heavy atom. The van der Waals surface area contributed by atoms with Crippen LogP contribution in [-0.4, -0.2) is 23.3 Å². The van der Waals surface area contributed by atoms with E-state index in [1.165, 1.54) is 18.2 Å². The molecule has 0 aliphatic rings. The fraction of sp³-hybridized carbons (Fsp3) is 0.167. The molecular formula is C12H9NO5S. The van der Waals surface area contributed by atoms with Gasteiger partial charge >= 0.3 is 5.97 Å². The molecule has 0 radical (unpaired) electrons. The zero-order valence-electron chi connectivity index (χ0n) is 9.91. The van der Waals surface area contributed by atoms with Crippen LogP contribution in [0, 0.1) is 10.1 Å². The molecule has 0 fully saturated rings. The summed E-state index contributed by atoms with van der Waals surface area (Å²) in [5.74, 6) is -1.73. The first kappa shape index (κ1) is 13.2. The number of ketones is 1. The summed E-state index contributed by atoms with van der Waals surface area (Å²) in [6.07, 6.45) is 0. The van der Waals surface area contributed by atoms with Crippen LogP contribution in [0.4, 0.5) is 5.69 Å². The molecule has 0 aliphatic carbocycles. The fourth-order valence-corrected chi connectivity index (χ4v) is 2.62. The van der Waals surface area contributed by atoms with Gasteiger partial charge in [-0.05, 0) is 19.1 Å². The Balaban J connectivity index is 2.47. The number of nitro benzene ring substituents is 1. The zero-order chi connectivity index (χ0) is 14.0. The minimum Gasteiger partial charge on any atom is -0.460 e. The van der Waals surface area contributed by atoms with E-state index in [-0.39, 0.29) is 17.2 Å². The molecule has 2 aromatic rings. The van der Waals surface area contributed by atoms with Crippen LogP contribution in [0.2, 0.25) is 0 Å². The maximum absolute atomic E-state index is 11.8. The van der Waals surface area contributed by atoms with Crippen LogP contribution in [0.25, 0.3) is 10.1 Å². The third kappa shape index (κ3) is 2.45. The number of nitro groups is 1. The first-order chi connectivity index (χ1) is 9.04. The molecule has 7 heteroatoms. The number of hydrogen-bond donors (Lipinski definition) is 0. The number of carbonyl (C=O) groups excluding carboxylic acids is 2. The van der Waals surface area contributed by atoms with Gasteiger partial charge in [-0.3, -0.25) is 14.9 Å². The normalized spacial score (nSPS) is 10.4. The minimum absolute atomic E-state index is 0.0864. The number of Topliss-reactive ketones (excluding diaryl/α,β-unsaturated/α-hetero) is 1. The molecule has 0 saturated heterocycles. The predicted octanol–water partition coefficient (Wildman–Crippen LogP) is 2.56. The molecule has 0 aliphatic heterocycles. The van der Waals surface area contributed by atoms with Crippen LogP contribution < -0.4 is 0 Å². The van der Waals surface area contributed by atoms with E-state index < -0.39 is 16.7 Å². The smallest absolute Gasteiger partial charge is 0.380 e. The summed E-state index contributed by atoms with van der Waals surface area (Å²) in [6.45, 7) is 1.70. The van der Waals surface area contributed by atoms with Gasteiger partial charge in [0, 0.05) is 10.8 Å². The molecule has 1 aromatic heterocycles. The number of hydrogen-bond acceptors (Lipinski definition) is 6. The van der Waals surface area contributed by atoms with E-state index in [1.807, 2.05) is 0 Å². The molecule has 0 spiro atoms. The number of carbonyl (C=O) groups is 2. The molecule has 2 rings (SSSR count). The highest BCUT2D eigenvalue weighted by atomic mass is 32.1. The van der Waals surface area contributed by atoms with Gasteiger partial charge in [0.2, 0.25) is 0 Å². The maximum atomic E-state index is 11.8. The van der Waals surface area contributed by atoms with Crippen molar-refractivity contribution in [1.82, 2.24) is 0 Å². The van der Waals surface area contributed by atoms with Crippen LogP contribution in [0.5, 0.6) is 0 Å². The summed E-state index contributed by atoms with van der Waals surface area (Å²) in [4.78, 5) is 33.6. The van der Waals surface area contributed by atoms with Crippen molar-refractivity contribution in [3.8, 4) is 0 Å². The van der Waals surface area contributed by atoms with Gasteiger partial charge < -0.3 is 4.74 Å². The molecule has 6 nitrogen and oxygen atoms in total. The number of ether oxygens (including phenoxy) is 1. The van der Waals surface area contributed by atoms with Crippen molar-refractivity contribution in [3.05, 3.63) is 39.3 Å². The second-order valence-corrected chi connectivity index (χ2v) is 4.69. The lowest BCUT2D eigenvalue weighted by Crippen LogP contribution is -2.16. The van der Waals surface area contributed by atoms with E-state index in [0.29, 0.717) is 10.1 Å². The fourth-order valence-electron chi connectivity index (χ4n) is 1.61. The van der Waals surface area contributed by atoms with Crippen molar-refractivity contribution in [2.45, 2.75) is 6.92 Å². The lowest BCUT2D eigenvalue weighted by Gasteiger charge is -1.96. The minimum atomic E-state index is -0.947. The van der Waals surface area contributed by atoms with Gasteiger partial charge in [0.15, 0.2) is 0 Å². The van der Waals surface area contributed by atoms with Gasteiger partial charge in [-0.2, -0.15) is 0 Å². The standard InChI is InChI=1S/C12H9NO5S/c1-2-18-12(15)11(14)10-6-7-8(13(16)17)4-3-5-9(7)19-10/h3-6H,2H2,1H3. The predicted molar refractivity (Wildman–Crippen MR) is 69.4 cm³/mol. The monoisotopic (exact) mass is 279 g/mol. The first-order valence-corrected chi connectivity index (χ1v) is 6.24. The van der Waals surface area contributed by atoms with Crippen LogP contribution in [0.3, 0.4) is 0 Å². The number of thiophene rings is 1. The van der Waals surface area contributed by atoms with E-state index >= 15 is 0 Å². The Bertz CT molecular complexity index is 676. The molecule has 0 unspecified atom stereocenters. The Morgan fingerprint density at radius 2 is 2.16 bits per heavy atom. The Labute approximate surface area is 111 Å². The molecule has 1 aromatic carbocycles. The lowest BCUT2D eigenvalue weighted by molar-refractivity contribution is -0.383. The molecule has 0 atom stereocenters. The highest BCUT2D eigenvalue weighted by molar-refractivity contribution is 7.21. The molecule has 1 heterocycles. The van der Waals surface area contributed by atoms with Gasteiger partial charge in [0.25, 0.3) is 11.5 Å². The summed E-state index contributed by atoms with van der Waals surface area (Å²) in [7, 11) is 0. The molecule has 0 amide bonds. The van der Waals surface area contributed by atoms with E-state index in [2.05, 4.69) is 4.74 Å². The first-order valence-electron chi connectivity index (χ1n) is 5.43. The van der Waals surface area contributed by atoms with E-state index in [0.717, 1.165) is 11.3 Å². The number of esters is 1. The third-order valence-corrected chi connectivity index (χ3v) is 3.52. The van der Waals surface area contributed by atoms with E-state index in [9.17, 15) is 19.7 Å². The molecule has 98 valence electrons. The molecule has 0 N–H and O–H groups in total. The summed E-state index contributed by atoms with van der Waals surface area (Å²) >= 11 is 1.04. The molecule has 0 bridgehead atoms. The van der Waals surface area contributed by atoms with Gasteiger partial charge in [0.05, 0.1) is 21.8 Å². The molecule has 19 heavy (non-hydrogen) atoms. The largest absolute Gasteiger partial charge is 0.460 e. The van der Waals surface area contributed by atoms with Crippen molar-refractivity contribution >= 4 is 38.9 Å². The number of benzene rings is 1. The summed E-state index contributed by atoms with van der Waals surface area (Å²) in [6, 6.07) is 5.91. The number of rotatable bonds is 4. The second kappa shape index (κ2) is 5.15. The van der Waals surface area contributed by atoms with Crippen LogP contribution in [0.15, 0.2) is 24.3 Å². The Kier molecular flexibility index (Phi) is 3.57. The third-order valence-electron chi connectivity index (χ3n) is 2.42.